The molecule has 1 N–H and O–H groups in total. The summed E-state index contributed by atoms with van der Waals surface area (Å²) in [5.41, 5.74) is -0.423. The van der Waals surface area contributed by atoms with Crippen LogP contribution in [0.1, 0.15) is 39.2 Å². The Balaban J connectivity index is 1.70. The first-order chi connectivity index (χ1) is 11.7. The van der Waals surface area contributed by atoms with Crippen molar-refractivity contribution < 1.29 is 14.3 Å². The molecule has 2 heterocycles. The minimum Gasteiger partial charge on any atom is -0.444 e. The molecule has 0 atom stereocenters. The number of piperidine rings is 1. The summed E-state index contributed by atoms with van der Waals surface area (Å²) in [6.45, 7) is 6.44. The third-order valence-electron chi connectivity index (χ3n) is 4.34. The van der Waals surface area contributed by atoms with E-state index in [1.165, 1.54) is 0 Å². The molecule has 134 valence electrons. The zero-order chi connectivity index (χ0) is 18.2. The van der Waals surface area contributed by atoms with Crippen LogP contribution in [0.15, 0.2) is 33.7 Å². The van der Waals surface area contributed by atoms with Crippen LogP contribution in [0.5, 0.6) is 0 Å². The van der Waals surface area contributed by atoms with Crippen LogP contribution in [-0.4, -0.2) is 47.0 Å². The lowest BCUT2D eigenvalue weighted by molar-refractivity contribution is -0.125. The molecular formula is C18H22BrN3O3. The number of likely N-dealkylation sites (tertiary alicyclic amines) is 1. The van der Waals surface area contributed by atoms with E-state index in [0.29, 0.717) is 31.8 Å². The topological polar surface area (TPSA) is 71.0 Å². The molecule has 25 heavy (non-hydrogen) atoms. The molecule has 0 aliphatic carbocycles. The Kier molecular flexibility index (Phi) is 4.62. The first-order valence-electron chi connectivity index (χ1n) is 8.34. The second-order valence-corrected chi connectivity index (χ2v) is 8.34. The van der Waals surface area contributed by atoms with Crippen molar-refractivity contribution in [3.05, 3.63) is 34.3 Å². The van der Waals surface area contributed by atoms with Gasteiger partial charge in [0.1, 0.15) is 17.0 Å². The molecule has 2 aliphatic rings. The Morgan fingerprint density at radius 1 is 1.24 bits per heavy atom. The Morgan fingerprint density at radius 3 is 2.40 bits per heavy atom. The van der Waals surface area contributed by atoms with Gasteiger partial charge in [-0.2, -0.15) is 0 Å². The summed E-state index contributed by atoms with van der Waals surface area (Å²) in [4.78, 5) is 31.1. The number of ether oxygens (including phenoxy) is 1. The van der Waals surface area contributed by atoms with Crippen molar-refractivity contribution in [1.82, 2.24) is 10.2 Å². The highest BCUT2D eigenvalue weighted by atomic mass is 79.9. The molecular weight excluding hydrogens is 386 g/mol. The lowest BCUT2D eigenvalue weighted by atomic mass is 9.88. The van der Waals surface area contributed by atoms with E-state index in [4.69, 9.17) is 9.73 Å². The predicted octanol–water partition coefficient (Wildman–Crippen LogP) is 3.10. The summed E-state index contributed by atoms with van der Waals surface area (Å²) in [5, 5.41) is 2.89. The maximum atomic E-state index is 12.5. The number of carbonyl (C=O) groups is 2. The van der Waals surface area contributed by atoms with Gasteiger partial charge in [0.25, 0.3) is 5.91 Å². The Morgan fingerprint density at radius 2 is 1.84 bits per heavy atom. The van der Waals surface area contributed by atoms with Gasteiger partial charge in [-0.05, 0) is 45.7 Å². The van der Waals surface area contributed by atoms with Crippen LogP contribution >= 0.6 is 15.9 Å². The van der Waals surface area contributed by atoms with Crippen LogP contribution < -0.4 is 5.32 Å². The van der Waals surface area contributed by atoms with Gasteiger partial charge in [0.05, 0.1) is 0 Å². The molecule has 1 spiro atoms. The van der Waals surface area contributed by atoms with Crippen LogP contribution in [-0.2, 0) is 9.53 Å². The van der Waals surface area contributed by atoms with Crippen molar-refractivity contribution in [3.63, 3.8) is 0 Å². The molecule has 7 heteroatoms. The first-order valence-corrected chi connectivity index (χ1v) is 9.13. The van der Waals surface area contributed by atoms with E-state index in [9.17, 15) is 9.59 Å². The molecule has 6 nitrogen and oxygen atoms in total. The zero-order valence-electron chi connectivity index (χ0n) is 14.6. The Hall–Kier alpha value is -1.89. The lowest BCUT2D eigenvalue weighted by Crippen LogP contribution is -2.51. The van der Waals surface area contributed by atoms with Crippen LogP contribution in [0, 0.1) is 0 Å². The Labute approximate surface area is 155 Å². The normalized spacial score (nSPS) is 19.6. The molecule has 0 saturated carbocycles. The van der Waals surface area contributed by atoms with E-state index >= 15 is 0 Å². The highest BCUT2D eigenvalue weighted by Crippen LogP contribution is 2.31. The number of halogens is 1. The van der Waals surface area contributed by atoms with Crippen molar-refractivity contribution in [3.8, 4) is 0 Å². The van der Waals surface area contributed by atoms with Gasteiger partial charge in [0, 0.05) is 23.1 Å². The van der Waals surface area contributed by atoms with Crippen LogP contribution in [0.25, 0.3) is 0 Å². The smallest absolute Gasteiger partial charge is 0.410 e. The van der Waals surface area contributed by atoms with Gasteiger partial charge in [0.15, 0.2) is 0 Å². The molecule has 0 bridgehead atoms. The maximum absolute atomic E-state index is 12.5. The monoisotopic (exact) mass is 407 g/mol. The molecule has 1 aromatic carbocycles. The summed E-state index contributed by atoms with van der Waals surface area (Å²) in [7, 11) is 0. The van der Waals surface area contributed by atoms with E-state index in [-0.39, 0.29) is 12.0 Å². The molecule has 1 fully saturated rings. The van der Waals surface area contributed by atoms with Gasteiger partial charge in [-0.25, -0.2) is 4.79 Å². The van der Waals surface area contributed by atoms with Crippen molar-refractivity contribution in [1.29, 1.82) is 0 Å². The first kappa shape index (κ1) is 17.9. The molecule has 2 aliphatic heterocycles. The summed E-state index contributed by atoms with van der Waals surface area (Å²) < 4.78 is 6.38. The fourth-order valence-corrected chi connectivity index (χ4v) is 3.25. The molecule has 3 rings (SSSR count). The number of nitrogens with zero attached hydrogens (tertiary/aromatic N) is 2. The second kappa shape index (κ2) is 6.44. The average Bonchev–Trinajstić information content (AvgIpc) is 2.84. The quantitative estimate of drug-likeness (QED) is 0.777. The van der Waals surface area contributed by atoms with Crippen molar-refractivity contribution >= 4 is 33.8 Å². The third-order valence-corrected chi connectivity index (χ3v) is 4.87. The average molecular weight is 408 g/mol. The van der Waals surface area contributed by atoms with Crippen molar-refractivity contribution in [2.24, 2.45) is 4.99 Å². The van der Waals surface area contributed by atoms with Crippen LogP contribution in [0.3, 0.4) is 0 Å². The highest BCUT2D eigenvalue weighted by molar-refractivity contribution is 9.10. The number of amidine groups is 1. The summed E-state index contributed by atoms with van der Waals surface area (Å²) in [6, 6.07) is 7.66. The van der Waals surface area contributed by atoms with Gasteiger partial charge < -0.3 is 15.0 Å². The predicted molar refractivity (Wildman–Crippen MR) is 98.6 cm³/mol. The molecule has 1 saturated heterocycles. The Bertz CT molecular complexity index is 714. The van der Waals surface area contributed by atoms with E-state index in [1.54, 1.807) is 4.90 Å². The van der Waals surface area contributed by atoms with Crippen molar-refractivity contribution in [2.75, 3.05) is 13.1 Å². The number of aliphatic imine (C=N–C) groups is 1. The third kappa shape index (κ3) is 3.86. The fourth-order valence-electron chi connectivity index (χ4n) is 2.99. The van der Waals surface area contributed by atoms with Gasteiger partial charge in [-0.3, -0.25) is 9.79 Å². The number of amides is 2. The lowest BCUT2D eigenvalue weighted by Gasteiger charge is -2.36. The summed E-state index contributed by atoms with van der Waals surface area (Å²) in [5.74, 6) is 0.512. The molecule has 0 radical (unpaired) electrons. The number of benzene rings is 1. The summed E-state index contributed by atoms with van der Waals surface area (Å²) >= 11 is 3.40. The van der Waals surface area contributed by atoms with Gasteiger partial charge in [-0.1, -0.05) is 28.1 Å². The number of carbonyl (C=O) groups excluding carboxylic acids is 2. The second-order valence-electron chi connectivity index (χ2n) is 7.42. The molecule has 1 aromatic rings. The van der Waals surface area contributed by atoms with E-state index in [2.05, 4.69) is 21.2 Å². The van der Waals surface area contributed by atoms with Crippen molar-refractivity contribution in [2.45, 2.75) is 44.8 Å². The van der Waals surface area contributed by atoms with E-state index in [1.807, 2.05) is 45.0 Å². The number of rotatable bonds is 1. The molecule has 0 aromatic heterocycles. The van der Waals surface area contributed by atoms with Gasteiger partial charge in [0.2, 0.25) is 0 Å². The summed E-state index contributed by atoms with van der Waals surface area (Å²) in [6.07, 6.45) is 0.661. The minimum atomic E-state index is -0.777. The zero-order valence-corrected chi connectivity index (χ0v) is 16.2. The number of hydrogen-bond acceptors (Lipinski definition) is 4. The standard InChI is InChI=1S/C18H22BrN3O3/c1-17(2,3)25-16(24)22-10-8-18(9-11-22)15(23)20-14(21-18)12-4-6-13(19)7-5-12/h4-7H,8-11H2,1-3H3,(H,20,21,23). The van der Waals surface area contributed by atoms with E-state index in [0.717, 1.165) is 10.0 Å². The molecule has 2 amide bonds. The van der Waals surface area contributed by atoms with Crippen LogP contribution in [0.2, 0.25) is 0 Å². The number of hydrogen-bond donors (Lipinski definition) is 1. The largest absolute Gasteiger partial charge is 0.444 e. The van der Waals surface area contributed by atoms with E-state index < -0.39 is 11.1 Å². The highest BCUT2D eigenvalue weighted by Gasteiger charge is 2.47. The maximum Gasteiger partial charge on any atom is 0.410 e. The van der Waals surface area contributed by atoms with Crippen LogP contribution in [0.4, 0.5) is 4.79 Å². The fraction of sp³-hybridized carbons (Fsp3) is 0.500. The SMILES string of the molecule is CC(C)(C)OC(=O)N1CCC2(CC1)N=C(c1ccc(Br)cc1)NC2=O. The number of nitrogens with one attached hydrogen (secondary N) is 1. The van der Waals surface area contributed by atoms with Gasteiger partial charge in [-0.15, -0.1) is 0 Å². The molecule has 0 unspecified atom stereocenters. The van der Waals surface area contributed by atoms with Gasteiger partial charge >= 0.3 is 6.09 Å². The minimum absolute atomic E-state index is 0.0887.